The smallest absolute Gasteiger partial charge is 0.134 e. The van der Waals surface area contributed by atoms with Crippen LogP contribution < -0.4 is 10.2 Å². The molecule has 106 valence electrons. The number of hydrogen-bond donors (Lipinski definition) is 1. The number of aromatic nitrogens is 2. The van der Waals surface area contributed by atoms with Crippen LogP contribution in [-0.4, -0.2) is 24.1 Å². The fraction of sp³-hybridized carbons (Fsp3) is 0.333. The Labute approximate surface area is 118 Å². The van der Waals surface area contributed by atoms with Crippen LogP contribution in [0.1, 0.15) is 24.4 Å². The molecular weight excluding hydrogens is 255 g/mol. The number of nitrogens with zero attached hydrogens (tertiary/aromatic N) is 3. The van der Waals surface area contributed by atoms with Crippen molar-refractivity contribution in [1.82, 2.24) is 9.97 Å². The Balaban J connectivity index is 2.33. The lowest BCUT2D eigenvalue weighted by atomic mass is 10.1. The van der Waals surface area contributed by atoms with Crippen molar-refractivity contribution in [3.8, 4) is 0 Å². The van der Waals surface area contributed by atoms with E-state index in [0.717, 1.165) is 11.6 Å². The summed E-state index contributed by atoms with van der Waals surface area (Å²) in [5.41, 5.74) is 0.650. The monoisotopic (exact) mass is 274 g/mol. The van der Waals surface area contributed by atoms with Crippen LogP contribution in [-0.2, 0) is 0 Å². The van der Waals surface area contributed by atoms with Crippen molar-refractivity contribution in [2.24, 2.45) is 0 Å². The molecule has 4 nitrogen and oxygen atoms in total. The highest BCUT2D eigenvalue weighted by Gasteiger charge is 2.17. The Morgan fingerprint density at radius 2 is 1.95 bits per heavy atom. The second kappa shape index (κ2) is 5.86. The number of aryl methyl sites for hydroxylation is 1. The van der Waals surface area contributed by atoms with Crippen LogP contribution in [0.15, 0.2) is 30.3 Å². The van der Waals surface area contributed by atoms with Gasteiger partial charge in [0.1, 0.15) is 23.3 Å². The third-order valence-electron chi connectivity index (χ3n) is 3.38. The summed E-state index contributed by atoms with van der Waals surface area (Å²) in [4.78, 5) is 10.6. The number of hydrogen-bond acceptors (Lipinski definition) is 4. The molecule has 0 aliphatic carbocycles. The molecule has 0 amide bonds. The molecule has 0 aliphatic heterocycles. The molecule has 0 aliphatic rings. The summed E-state index contributed by atoms with van der Waals surface area (Å²) in [7, 11) is 3.71. The van der Waals surface area contributed by atoms with Gasteiger partial charge >= 0.3 is 0 Å². The van der Waals surface area contributed by atoms with Crippen molar-refractivity contribution in [2.75, 3.05) is 24.3 Å². The van der Waals surface area contributed by atoms with Crippen LogP contribution >= 0.6 is 0 Å². The van der Waals surface area contributed by atoms with Gasteiger partial charge in [-0.3, -0.25) is 0 Å². The second-order valence-corrected chi connectivity index (χ2v) is 4.72. The number of rotatable bonds is 4. The number of nitrogens with one attached hydrogen (secondary N) is 1. The van der Waals surface area contributed by atoms with Gasteiger partial charge in [-0.25, -0.2) is 14.4 Å². The molecule has 0 saturated heterocycles. The van der Waals surface area contributed by atoms with E-state index in [4.69, 9.17) is 0 Å². The van der Waals surface area contributed by atoms with Gasteiger partial charge in [-0.2, -0.15) is 0 Å². The number of anilines is 2. The molecule has 2 rings (SSSR count). The van der Waals surface area contributed by atoms with E-state index in [0.29, 0.717) is 11.4 Å². The summed E-state index contributed by atoms with van der Waals surface area (Å²) in [6, 6.07) is 8.54. The molecule has 1 heterocycles. The van der Waals surface area contributed by atoms with Gasteiger partial charge < -0.3 is 10.2 Å². The SMILES string of the molecule is CNc1cc(N(C)C(C)c2ccccc2F)nc(C)n1. The van der Waals surface area contributed by atoms with Crippen LogP contribution in [0.3, 0.4) is 0 Å². The first-order chi connectivity index (χ1) is 9.52. The van der Waals surface area contributed by atoms with Gasteiger partial charge in [-0.1, -0.05) is 18.2 Å². The average molecular weight is 274 g/mol. The molecule has 1 atom stereocenters. The molecule has 0 radical (unpaired) electrons. The van der Waals surface area contributed by atoms with Crippen molar-refractivity contribution in [1.29, 1.82) is 0 Å². The van der Waals surface area contributed by atoms with Crippen molar-refractivity contribution in [2.45, 2.75) is 19.9 Å². The summed E-state index contributed by atoms with van der Waals surface area (Å²) in [5.74, 6) is 1.99. The topological polar surface area (TPSA) is 41.0 Å². The highest BCUT2D eigenvalue weighted by molar-refractivity contribution is 5.50. The molecule has 1 aromatic carbocycles. The normalized spacial score (nSPS) is 12.1. The minimum absolute atomic E-state index is 0.116. The van der Waals surface area contributed by atoms with E-state index in [9.17, 15) is 4.39 Å². The van der Waals surface area contributed by atoms with Gasteiger partial charge in [0.25, 0.3) is 0 Å². The van der Waals surface area contributed by atoms with E-state index in [2.05, 4.69) is 15.3 Å². The molecule has 1 N–H and O–H groups in total. The van der Waals surface area contributed by atoms with E-state index in [1.807, 2.05) is 45.0 Å². The summed E-state index contributed by atoms with van der Waals surface area (Å²) in [6.45, 7) is 3.79. The van der Waals surface area contributed by atoms with E-state index in [1.165, 1.54) is 6.07 Å². The average Bonchev–Trinajstić information content (AvgIpc) is 2.45. The summed E-state index contributed by atoms with van der Waals surface area (Å²) < 4.78 is 13.9. The zero-order valence-electron chi connectivity index (χ0n) is 12.2. The first kappa shape index (κ1) is 14.2. The van der Waals surface area contributed by atoms with Crippen LogP contribution in [0.4, 0.5) is 16.0 Å². The summed E-state index contributed by atoms with van der Waals surface area (Å²) >= 11 is 0. The molecule has 0 fully saturated rings. The van der Waals surface area contributed by atoms with E-state index >= 15 is 0 Å². The first-order valence-electron chi connectivity index (χ1n) is 6.53. The van der Waals surface area contributed by atoms with Gasteiger partial charge in [-0.15, -0.1) is 0 Å². The lowest BCUT2D eigenvalue weighted by Gasteiger charge is -2.27. The number of halogens is 1. The highest BCUT2D eigenvalue weighted by Crippen LogP contribution is 2.26. The highest BCUT2D eigenvalue weighted by atomic mass is 19.1. The quantitative estimate of drug-likeness (QED) is 0.929. The predicted molar refractivity (Wildman–Crippen MR) is 79.5 cm³/mol. The standard InChI is InChI=1S/C15H19FN4/c1-10(12-7-5-6-8-13(12)16)20(4)15-9-14(17-3)18-11(2)19-15/h5-10H,1-4H3,(H,17,18,19). The van der Waals surface area contributed by atoms with Crippen molar-refractivity contribution in [3.63, 3.8) is 0 Å². The molecule has 0 saturated carbocycles. The van der Waals surface area contributed by atoms with E-state index < -0.39 is 0 Å². The molecule has 1 unspecified atom stereocenters. The Kier molecular flexibility index (Phi) is 4.17. The van der Waals surface area contributed by atoms with Gasteiger partial charge in [0.05, 0.1) is 6.04 Å². The maximum atomic E-state index is 13.9. The van der Waals surface area contributed by atoms with Gasteiger partial charge in [0, 0.05) is 25.7 Å². The largest absolute Gasteiger partial charge is 0.373 e. The Bertz CT molecular complexity index is 600. The molecule has 1 aromatic heterocycles. The Hall–Kier alpha value is -2.17. The Morgan fingerprint density at radius 1 is 1.25 bits per heavy atom. The molecular formula is C15H19FN4. The van der Waals surface area contributed by atoms with Crippen molar-refractivity contribution in [3.05, 3.63) is 47.5 Å². The van der Waals surface area contributed by atoms with Crippen molar-refractivity contribution >= 4 is 11.6 Å². The van der Waals surface area contributed by atoms with Gasteiger partial charge in [0.2, 0.25) is 0 Å². The fourth-order valence-corrected chi connectivity index (χ4v) is 2.08. The number of benzene rings is 1. The first-order valence-corrected chi connectivity index (χ1v) is 6.53. The fourth-order valence-electron chi connectivity index (χ4n) is 2.08. The molecule has 0 bridgehead atoms. The van der Waals surface area contributed by atoms with Crippen LogP contribution in [0, 0.1) is 12.7 Å². The van der Waals surface area contributed by atoms with Gasteiger partial charge in [-0.05, 0) is 19.9 Å². The zero-order chi connectivity index (χ0) is 14.7. The lowest BCUT2D eigenvalue weighted by molar-refractivity contribution is 0.584. The van der Waals surface area contributed by atoms with E-state index in [-0.39, 0.29) is 11.9 Å². The zero-order valence-corrected chi connectivity index (χ0v) is 12.2. The molecule has 2 aromatic rings. The van der Waals surface area contributed by atoms with Crippen LogP contribution in [0.25, 0.3) is 0 Å². The maximum absolute atomic E-state index is 13.9. The minimum atomic E-state index is -0.202. The molecule has 5 heteroatoms. The minimum Gasteiger partial charge on any atom is -0.373 e. The predicted octanol–water partition coefficient (Wildman–Crippen LogP) is 3.16. The Morgan fingerprint density at radius 3 is 2.60 bits per heavy atom. The van der Waals surface area contributed by atoms with Crippen molar-refractivity contribution < 1.29 is 4.39 Å². The third kappa shape index (κ3) is 2.87. The van der Waals surface area contributed by atoms with Crippen LogP contribution in [0.2, 0.25) is 0 Å². The maximum Gasteiger partial charge on any atom is 0.134 e. The molecule has 20 heavy (non-hydrogen) atoms. The molecule has 0 spiro atoms. The summed E-state index contributed by atoms with van der Waals surface area (Å²) in [6.07, 6.45) is 0. The lowest BCUT2D eigenvalue weighted by Crippen LogP contribution is -2.24. The summed E-state index contributed by atoms with van der Waals surface area (Å²) in [5, 5.41) is 3.00. The van der Waals surface area contributed by atoms with Gasteiger partial charge in [0.15, 0.2) is 0 Å². The third-order valence-corrected chi connectivity index (χ3v) is 3.38. The van der Waals surface area contributed by atoms with E-state index in [1.54, 1.807) is 12.1 Å². The van der Waals surface area contributed by atoms with Crippen LogP contribution in [0.5, 0.6) is 0 Å². The second-order valence-electron chi connectivity index (χ2n) is 4.72.